The zero-order valence-corrected chi connectivity index (χ0v) is 20.8. The molecular formula is C27H26FNO6S. The van der Waals surface area contributed by atoms with E-state index in [1.165, 1.54) is 50.6 Å². The first-order valence-corrected chi connectivity index (χ1v) is 12.6. The quantitative estimate of drug-likeness (QED) is 0.478. The molecule has 1 aliphatic heterocycles. The highest BCUT2D eigenvalue weighted by atomic mass is 32.2. The first-order valence-electron chi connectivity index (χ1n) is 11.2. The number of aliphatic carboxylic acids is 1. The Labute approximate surface area is 209 Å². The van der Waals surface area contributed by atoms with Crippen LogP contribution in [0.3, 0.4) is 0 Å². The van der Waals surface area contributed by atoms with Crippen LogP contribution in [-0.4, -0.2) is 38.0 Å². The number of methoxy groups -OCH3 is 2. The van der Waals surface area contributed by atoms with Crippen LogP contribution >= 0.6 is 0 Å². The van der Waals surface area contributed by atoms with Crippen molar-refractivity contribution in [2.24, 2.45) is 0 Å². The summed E-state index contributed by atoms with van der Waals surface area (Å²) in [7, 11) is -1.35. The highest BCUT2D eigenvalue weighted by Crippen LogP contribution is 2.47. The van der Waals surface area contributed by atoms with Gasteiger partial charge in [-0.15, -0.1) is 0 Å². The minimum Gasteiger partial charge on any atom is -0.493 e. The summed E-state index contributed by atoms with van der Waals surface area (Å²) in [6.07, 6.45) is 1.52. The van der Waals surface area contributed by atoms with Crippen LogP contribution in [0.25, 0.3) is 0 Å². The van der Waals surface area contributed by atoms with Crippen molar-refractivity contribution in [3.8, 4) is 11.5 Å². The fraction of sp³-hybridized carbons (Fsp3) is 0.222. The van der Waals surface area contributed by atoms with Crippen LogP contribution in [0.4, 0.5) is 4.39 Å². The number of carboxylic acids is 1. The molecule has 36 heavy (non-hydrogen) atoms. The summed E-state index contributed by atoms with van der Waals surface area (Å²) < 4.78 is 55.2. The van der Waals surface area contributed by atoms with Crippen molar-refractivity contribution in [3.63, 3.8) is 0 Å². The molecule has 188 valence electrons. The molecule has 0 fully saturated rings. The molecule has 0 saturated heterocycles. The van der Waals surface area contributed by atoms with Gasteiger partial charge in [-0.05, 0) is 49.2 Å². The predicted molar refractivity (Wildman–Crippen MR) is 132 cm³/mol. The van der Waals surface area contributed by atoms with Crippen LogP contribution in [0.1, 0.15) is 35.2 Å². The molecule has 7 nitrogen and oxygen atoms in total. The smallest absolute Gasteiger partial charge is 0.333 e. The Balaban J connectivity index is 1.99. The third kappa shape index (κ3) is 4.59. The number of sulfonamides is 1. The van der Waals surface area contributed by atoms with Gasteiger partial charge >= 0.3 is 5.97 Å². The average Bonchev–Trinajstić information content (AvgIpc) is 2.88. The summed E-state index contributed by atoms with van der Waals surface area (Å²) in [5.41, 5.74) is 1.14. The molecule has 0 bridgehead atoms. The fourth-order valence-electron chi connectivity index (χ4n) is 4.46. The predicted octanol–water partition coefficient (Wildman–Crippen LogP) is 5.04. The normalized spacial score (nSPS) is 18.4. The third-order valence-corrected chi connectivity index (χ3v) is 8.14. The van der Waals surface area contributed by atoms with E-state index in [1.54, 1.807) is 36.4 Å². The second-order valence-corrected chi connectivity index (χ2v) is 10.2. The van der Waals surface area contributed by atoms with Gasteiger partial charge in [0.1, 0.15) is 5.82 Å². The van der Waals surface area contributed by atoms with E-state index in [0.717, 1.165) is 9.87 Å². The average molecular weight is 512 g/mol. The van der Waals surface area contributed by atoms with Gasteiger partial charge in [-0.1, -0.05) is 48.0 Å². The molecule has 0 amide bonds. The standard InChI is InChI=1S/C27H26FNO6S/c1-17-8-11-19(12-9-17)36(32,33)29-23(18-10-15-24(34-2)25(16-18)35-3)14-13-21(27(30)31)26(29)20-6-4-5-7-22(20)28/h4-13,15-16,23,26H,14H2,1-3H3,(H,30,31). The highest BCUT2D eigenvalue weighted by Gasteiger charge is 2.45. The lowest BCUT2D eigenvalue weighted by molar-refractivity contribution is -0.133. The van der Waals surface area contributed by atoms with E-state index in [-0.39, 0.29) is 22.5 Å². The second-order valence-electron chi connectivity index (χ2n) is 8.40. The molecule has 0 spiro atoms. The van der Waals surface area contributed by atoms with Gasteiger partial charge in [-0.3, -0.25) is 0 Å². The van der Waals surface area contributed by atoms with Crippen molar-refractivity contribution < 1.29 is 32.2 Å². The Bertz CT molecular complexity index is 1420. The van der Waals surface area contributed by atoms with E-state index < -0.39 is 33.9 Å². The number of ether oxygens (including phenoxy) is 2. The van der Waals surface area contributed by atoms with Gasteiger partial charge in [0.2, 0.25) is 10.0 Å². The molecule has 0 aliphatic carbocycles. The van der Waals surface area contributed by atoms with Gasteiger partial charge < -0.3 is 14.6 Å². The molecule has 1 aliphatic rings. The second kappa shape index (κ2) is 10.1. The van der Waals surface area contributed by atoms with Crippen molar-refractivity contribution >= 4 is 16.0 Å². The number of nitrogens with zero attached hydrogens (tertiary/aromatic N) is 1. The summed E-state index contributed by atoms with van der Waals surface area (Å²) >= 11 is 0. The van der Waals surface area contributed by atoms with Gasteiger partial charge in [0, 0.05) is 5.56 Å². The number of carboxylic acid groups (broad SMARTS) is 1. The molecule has 1 heterocycles. The molecule has 2 atom stereocenters. The highest BCUT2D eigenvalue weighted by molar-refractivity contribution is 7.89. The number of halogens is 1. The van der Waals surface area contributed by atoms with Crippen LogP contribution in [0, 0.1) is 12.7 Å². The lowest BCUT2D eigenvalue weighted by Gasteiger charge is -2.40. The first kappa shape index (κ1) is 25.4. The number of hydrogen-bond acceptors (Lipinski definition) is 5. The van der Waals surface area contributed by atoms with E-state index in [2.05, 4.69) is 0 Å². The van der Waals surface area contributed by atoms with E-state index in [9.17, 15) is 18.3 Å². The van der Waals surface area contributed by atoms with Gasteiger partial charge in [-0.2, -0.15) is 4.31 Å². The maximum atomic E-state index is 15.1. The SMILES string of the molecule is COc1ccc(C2CC=C(C(=O)O)C(c3ccccc3F)N2S(=O)(=O)c2ccc(C)cc2)cc1OC. The van der Waals surface area contributed by atoms with Crippen LogP contribution in [-0.2, 0) is 14.8 Å². The first-order chi connectivity index (χ1) is 17.2. The van der Waals surface area contributed by atoms with Crippen molar-refractivity contribution in [2.45, 2.75) is 30.3 Å². The van der Waals surface area contributed by atoms with Crippen molar-refractivity contribution in [1.82, 2.24) is 4.31 Å². The summed E-state index contributed by atoms with van der Waals surface area (Å²) in [4.78, 5) is 12.3. The molecule has 1 N–H and O–H groups in total. The Hall–Kier alpha value is -3.69. The molecular weight excluding hydrogens is 485 g/mol. The largest absolute Gasteiger partial charge is 0.493 e. The van der Waals surface area contributed by atoms with Crippen LogP contribution in [0.15, 0.2) is 83.3 Å². The number of carbonyl (C=O) groups is 1. The van der Waals surface area contributed by atoms with E-state index >= 15 is 4.39 Å². The fourth-order valence-corrected chi connectivity index (χ4v) is 6.23. The molecule has 4 rings (SSSR count). The van der Waals surface area contributed by atoms with E-state index in [0.29, 0.717) is 17.1 Å². The summed E-state index contributed by atoms with van der Waals surface area (Å²) in [5.74, 6) is -1.18. The van der Waals surface area contributed by atoms with Crippen LogP contribution in [0.5, 0.6) is 11.5 Å². The molecule has 0 radical (unpaired) electrons. The van der Waals surface area contributed by atoms with E-state index in [1.807, 2.05) is 6.92 Å². The van der Waals surface area contributed by atoms with Crippen molar-refractivity contribution in [2.75, 3.05) is 14.2 Å². The summed E-state index contributed by atoms with van der Waals surface area (Å²) in [6.45, 7) is 1.83. The molecule has 2 unspecified atom stereocenters. The van der Waals surface area contributed by atoms with Crippen molar-refractivity contribution in [1.29, 1.82) is 0 Å². The van der Waals surface area contributed by atoms with Gasteiger partial charge in [0.25, 0.3) is 0 Å². The Kier molecular flexibility index (Phi) is 7.14. The summed E-state index contributed by atoms with van der Waals surface area (Å²) in [6, 6.07) is 14.6. The van der Waals surface area contributed by atoms with Crippen LogP contribution in [0.2, 0.25) is 0 Å². The van der Waals surface area contributed by atoms with E-state index in [4.69, 9.17) is 9.47 Å². The van der Waals surface area contributed by atoms with Crippen molar-refractivity contribution in [3.05, 3.63) is 101 Å². The lowest BCUT2D eigenvalue weighted by atomic mass is 9.89. The Morgan fingerprint density at radius 2 is 1.67 bits per heavy atom. The number of hydrogen-bond donors (Lipinski definition) is 1. The molecule has 3 aromatic carbocycles. The number of rotatable bonds is 7. The minimum absolute atomic E-state index is 0.0217. The minimum atomic E-state index is -4.30. The van der Waals surface area contributed by atoms with Crippen LogP contribution < -0.4 is 9.47 Å². The molecule has 0 aromatic heterocycles. The number of benzene rings is 3. The maximum absolute atomic E-state index is 15.1. The zero-order valence-electron chi connectivity index (χ0n) is 20.0. The molecule has 0 saturated carbocycles. The lowest BCUT2D eigenvalue weighted by Crippen LogP contribution is -2.42. The Morgan fingerprint density at radius 3 is 2.28 bits per heavy atom. The Morgan fingerprint density at radius 1 is 1.00 bits per heavy atom. The maximum Gasteiger partial charge on any atom is 0.333 e. The topological polar surface area (TPSA) is 93.1 Å². The van der Waals surface area contributed by atoms with Gasteiger partial charge in [-0.25, -0.2) is 17.6 Å². The van der Waals surface area contributed by atoms with Gasteiger partial charge in [0.15, 0.2) is 11.5 Å². The third-order valence-electron chi connectivity index (χ3n) is 6.25. The summed E-state index contributed by atoms with van der Waals surface area (Å²) in [5, 5.41) is 10.0. The molecule has 9 heteroatoms. The number of aryl methyl sites for hydroxylation is 1. The monoisotopic (exact) mass is 511 g/mol. The molecule has 3 aromatic rings. The zero-order chi connectivity index (χ0) is 26.0. The van der Waals surface area contributed by atoms with Gasteiger partial charge in [0.05, 0.1) is 36.8 Å².